The number of halogens is 1. The van der Waals surface area contributed by atoms with Crippen LogP contribution >= 0.6 is 24.0 Å². The third kappa shape index (κ3) is 11.4. The summed E-state index contributed by atoms with van der Waals surface area (Å²) in [6.07, 6.45) is 3.54. The quantitative estimate of drug-likeness (QED) is 0.286. The van der Waals surface area contributed by atoms with E-state index in [9.17, 15) is 0 Å². The van der Waals surface area contributed by atoms with Gasteiger partial charge in [0, 0.05) is 44.6 Å². The fourth-order valence-electron chi connectivity index (χ4n) is 1.61. The highest BCUT2D eigenvalue weighted by atomic mass is 127. The van der Waals surface area contributed by atoms with Crippen LogP contribution in [0.1, 0.15) is 26.0 Å². The summed E-state index contributed by atoms with van der Waals surface area (Å²) in [4.78, 5) is 8.50. The summed E-state index contributed by atoms with van der Waals surface area (Å²) in [5.74, 6) is 1.07. The Bertz CT molecular complexity index is 385. The molecule has 1 aromatic rings. The van der Waals surface area contributed by atoms with Crippen molar-refractivity contribution in [3.05, 3.63) is 30.1 Å². The molecule has 0 aromatic carbocycles. The van der Waals surface area contributed by atoms with Gasteiger partial charge in [-0.1, -0.05) is 19.9 Å². The van der Waals surface area contributed by atoms with Crippen molar-refractivity contribution in [3.8, 4) is 0 Å². The van der Waals surface area contributed by atoms with E-state index in [1.54, 1.807) is 6.20 Å². The summed E-state index contributed by atoms with van der Waals surface area (Å²) in [7, 11) is 0. The van der Waals surface area contributed by atoms with Crippen molar-refractivity contribution in [2.45, 2.75) is 26.7 Å². The summed E-state index contributed by atoms with van der Waals surface area (Å²) in [5.41, 5.74) is 6.83. The number of hydrogen-bond acceptors (Lipinski definition) is 3. The predicted molar refractivity (Wildman–Crippen MR) is 98.1 cm³/mol. The molecule has 0 saturated heterocycles. The number of nitrogens with zero attached hydrogens (tertiary/aromatic N) is 2. The van der Waals surface area contributed by atoms with Crippen LogP contribution in [0.25, 0.3) is 0 Å². The first-order chi connectivity index (χ1) is 9.68. The lowest BCUT2D eigenvalue weighted by Gasteiger charge is -2.07. The molecule has 21 heavy (non-hydrogen) atoms. The van der Waals surface area contributed by atoms with Crippen molar-refractivity contribution in [2.75, 3.05) is 26.3 Å². The molecule has 0 amide bonds. The first kappa shape index (κ1) is 20.1. The van der Waals surface area contributed by atoms with E-state index in [1.807, 2.05) is 18.2 Å². The van der Waals surface area contributed by atoms with Crippen LogP contribution in [-0.4, -0.2) is 37.2 Å². The number of ether oxygens (including phenoxy) is 1. The van der Waals surface area contributed by atoms with E-state index < -0.39 is 0 Å². The van der Waals surface area contributed by atoms with Gasteiger partial charge in [-0.15, -0.1) is 24.0 Å². The summed E-state index contributed by atoms with van der Waals surface area (Å²) >= 11 is 0. The van der Waals surface area contributed by atoms with E-state index in [0.29, 0.717) is 18.4 Å². The Morgan fingerprint density at radius 2 is 2.24 bits per heavy atom. The van der Waals surface area contributed by atoms with Crippen LogP contribution < -0.4 is 11.1 Å². The number of aromatic nitrogens is 1. The molecule has 0 aliphatic carbocycles. The molecule has 0 fully saturated rings. The lowest BCUT2D eigenvalue weighted by Crippen LogP contribution is -2.33. The monoisotopic (exact) mass is 406 g/mol. The lowest BCUT2D eigenvalue weighted by molar-refractivity contribution is 0.109. The van der Waals surface area contributed by atoms with Crippen molar-refractivity contribution in [3.63, 3.8) is 0 Å². The third-order valence-electron chi connectivity index (χ3n) is 2.59. The minimum atomic E-state index is 0. The second kappa shape index (κ2) is 12.8. The highest BCUT2D eigenvalue weighted by Crippen LogP contribution is 1.94. The van der Waals surface area contributed by atoms with E-state index in [2.05, 4.69) is 29.1 Å². The van der Waals surface area contributed by atoms with Crippen molar-refractivity contribution >= 4 is 29.9 Å². The van der Waals surface area contributed by atoms with Crippen LogP contribution in [0, 0.1) is 5.92 Å². The number of nitrogens with two attached hydrogens (primary N) is 1. The van der Waals surface area contributed by atoms with Gasteiger partial charge >= 0.3 is 0 Å². The molecule has 0 spiro atoms. The average molecular weight is 406 g/mol. The molecule has 5 nitrogen and oxygen atoms in total. The van der Waals surface area contributed by atoms with Crippen molar-refractivity contribution < 1.29 is 4.74 Å². The highest BCUT2D eigenvalue weighted by molar-refractivity contribution is 14.0. The second-order valence-electron chi connectivity index (χ2n) is 5.09. The molecule has 0 radical (unpaired) electrons. The molecular formula is C15H27IN4O. The molecule has 0 aliphatic rings. The van der Waals surface area contributed by atoms with Gasteiger partial charge in [-0.2, -0.15) is 0 Å². The predicted octanol–water partition coefficient (Wildman–Crippen LogP) is 2.21. The molecule has 0 bridgehead atoms. The molecule has 0 atom stereocenters. The van der Waals surface area contributed by atoms with Crippen LogP contribution in [0.4, 0.5) is 0 Å². The van der Waals surface area contributed by atoms with E-state index >= 15 is 0 Å². The van der Waals surface area contributed by atoms with Crippen molar-refractivity contribution in [1.82, 2.24) is 10.3 Å². The van der Waals surface area contributed by atoms with Gasteiger partial charge in [0.2, 0.25) is 0 Å². The van der Waals surface area contributed by atoms with E-state index in [0.717, 1.165) is 38.3 Å². The van der Waals surface area contributed by atoms with E-state index in [1.165, 1.54) is 0 Å². The number of guanidine groups is 1. The van der Waals surface area contributed by atoms with Gasteiger partial charge in [-0.3, -0.25) is 9.98 Å². The normalized spacial score (nSPS) is 11.3. The Hall–Kier alpha value is -0.890. The van der Waals surface area contributed by atoms with Gasteiger partial charge in [0.05, 0.1) is 0 Å². The minimum absolute atomic E-state index is 0. The SMILES string of the molecule is CC(C)COCCCN=C(N)NCCc1ccccn1.I. The van der Waals surface area contributed by atoms with Crippen LogP contribution in [0.5, 0.6) is 0 Å². The average Bonchev–Trinajstić information content (AvgIpc) is 2.43. The summed E-state index contributed by atoms with van der Waals surface area (Å²) in [6.45, 7) is 7.27. The van der Waals surface area contributed by atoms with E-state index in [-0.39, 0.29) is 24.0 Å². The maximum atomic E-state index is 5.78. The standard InChI is InChI=1S/C15H26N4O.HI/c1-13(2)12-20-11-5-9-18-15(16)19-10-7-14-6-3-4-8-17-14;/h3-4,6,8,13H,5,7,9-12H2,1-2H3,(H3,16,18,19);1H. The molecule has 0 aliphatic heterocycles. The van der Waals surface area contributed by atoms with Gasteiger partial charge in [0.15, 0.2) is 5.96 Å². The van der Waals surface area contributed by atoms with Crippen LogP contribution in [0.2, 0.25) is 0 Å². The number of nitrogens with one attached hydrogen (secondary N) is 1. The molecule has 3 N–H and O–H groups in total. The first-order valence-corrected chi connectivity index (χ1v) is 7.20. The Labute approximate surface area is 144 Å². The smallest absolute Gasteiger partial charge is 0.188 e. The van der Waals surface area contributed by atoms with Gasteiger partial charge in [-0.05, 0) is 24.5 Å². The molecular weight excluding hydrogens is 379 g/mol. The van der Waals surface area contributed by atoms with E-state index in [4.69, 9.17) is 10.5 Å². The Kier molecular flexibility index (Phi) is 12.3. The molecule has 6 heteroatoms. The lowest BCUT2D eigenvalue weighted by atomic mass is 10.2. The zero-order valence-corrected chi connectivity index (χ0v) is 15.2. The van der Waals surface area contributed by atoms with Crippen molar-refractivity contribution in [2.24, 2.45) is 16.6 Å². The minimum Gasteiger partial charge on any atom is -0.381 e. The second-order valence-corrected chi connectivity index (χ2v) is 5.09. The molecule has 0 unspecified atom stereocenters. The Morgan fingerprint density at radius 1 is 1.43 bits per heavy atom. The van der Waals surface area contributed by atoms with Crippen LogP contribution in [-0.2, 0) is 11.2 Å². The van der Waals surface area contributed by atoms with Crippen LogP contribution in [0.3, 0.4) is 0 Å². The van der Waals surface area contributed by atoms with Gasteiger partial charge in [-0.25, -0.2) is 0 Å². The van der Waals surface area contributed by atoms with Gasteiger partial charge < -0.3 is 15.8 Å². The van der Waals surface area contributed by atoms with Crippen LogP contribution in [0.15, 0.2) is 29.4 Å². The number of aliphatic imine (C=N–C) groups is 1. The maximum Gasteiger partial charge on any atom is 0.188 e. The topological polar surface area (TPSA) is 72.5 Å². The fourth-order valence-corrected chi connectivity index (χ4v) is 1.61. The Morgan fingerprint density at radius 3 is 2.90 bits per heavy atom. The molecule has 120 valence electrons. The molecule has 1 rings (SSSR count). The molecule has 1 heterocycles. The summed E-state index contributed by atoms with van der Waals surface area (Å²) in [5, 5.41) is 3.09. The van der Waals surface area contributed by atoms with Gasteiger partial charge in [0.25, 0.3) is 0 Å². The largest absolute Gasteiger partial charge is 0.381 e. The zero-order valence-electron chi connectivity index (χ0n) is 12.9. The summed E-state index contributed by atoms with van der Waals surface area (Å²) < 4.78 is 5.48. The molecule has 0 saturated carbocycles. The van der Waals surface area contributed by atoms with Gasteiger partial charge in [0.1, 0.15) is 0 Å². The highest BCUT2D eigenvalue weighted by Gasteiger charge is 1.96. The third-order valence-corrected chi connectivity index (χ3v) is 2.59. The Balaban J connectivity index is 0.00000400. The maximum absolute atomic E-state index is 5.78. The number of hydrogen-bond donors (Lipinski definition) is 2. The van der Waals surface area contributed by atoms with Crippen molar-refractivity contribution in [1.29, 1.82) is 0 Å². The zero-order chi connectivity index (χ0) is 14.6. The molecule has 1 aromatic heterocycles. The fraction of sp³-hybridized carbons (Fsp3) is 0.600. The first-order valence-electron chi connectivity index (χ1n) is 7.20. The number of rotatable bonds is 9. The summed E-state index contributed by atoms with van der Waals surface area (Å²) in [6, 6.07) is 5.89. The number of pyridine rings is 1.